The van der Waals surface area contributed by atoms with E-state index in [9.17, 15) is 4.39 Å². The van der Waals surface area contributed by atoms with Crippen LogP contribution in [0.15, 0.2) is 24.3 Å². The van der Waals surface area contributed by atoms with E-state index in [4.69, 9.17) is 4.74 Å². The van der Waals surface area contributed by atoms with E-state index in [-0.39, 0.29) is 17.3 Å². The molecule has 1 aromatic rings. The van der Waals surface area contributed by atoms with Crippen LogP contribution in [-0.4, -0.2) is 25.3 Å². The fourth-order valence-electron chi connectivity index (χ4n) is 1.97. The Kier molecular flexibility index (Phi) is 6.46. The summed E-state index contributed by atoms with van der Waals surface area (Å²) in [5, 5.41) is 3.34. The Balaban J connectivity index is 2.61. The van der Waals surface area contributed by atoms with E-state index >= 15 is 0 Å². The molecule has 0 amide bonds. The minimum atomic E-state index is -0.171. The second kappa shape index (κ2) is 7.61. The van der Waals surface area contributed by atoms with Gasteiger partial charge in [-0.2, -0.15) is 0 Å². The SMILES string of the molecule is CCNCC(CCOC(C)(C)C)c1cccc(F)c1. The normalized spacial score (nSPS) is 13.5. The zero-order valence-electron chi connectivity index (χ0n) is 12.5. The van der Waals surface area contributed by atoms with Crippen molar-refractivity contribution in [3.05, 3.63) is 35.6 Å². The van der Waals surface area contributed by atoms with Gasteiger partial charge in [0.15, 0.2) is 0 Å². The second-order valence-electron chi connectivity index (χ2n) is 5.81. The van der Waals surface area contributed by atoms with Crippen molar-refractivity contribution in [3.8, 4) is 0 Å². The average molecular weight is 267 g/mol. The van der Waals surface area contributed by atoms with Crippen LogP contribution in [0.2, 0.25) is 0 Å². The Labute approximate surface area is 116 Å². The van der Waals surface area contributed by atoms with E-state index in [0.29, 0.717) is 6.61 Å². The fourth-order valence-corrected chi connectivity index (χ4v) is 1.97. The lowest BCUT2D eigenvalue weighted by Crippen LogP contribution is -2.25. The molecular weight excluding hydrogens is 241 g/mol. The summed E-state index contributed by atoms with van der Waals surface area (Å²) in [6.45, 7) is 10.7. The highest BCUT2D eigenvalue weighted by molar-refractivity contribution is 5.21. The Morgan fingerprint density at radius 3 is 2.63 bits per heavy atom. The van der Waals surface area contributed by atoms with Gasteiger partial charge in [-0.05, 0) is 57.4 Å². The molecule has 1 atom stereocenters. The molecule has 3 heteroatoms. The minimum Gasteiger partial charge on any atom is -0.376 e. The van der Waals surface area contributed by atoms with Crippen LogP contribution in [0.25, 0.3) is 0 Å². The molecule has 0 radical (unpaired) electrons. The van der Waals surface area contributed by atoms with Gasteiger partial charge in [-0.25, -0.2) is 4.39 Å². The predicted molar refractivity (Wildman–Crippen MR) is 78.0 cm³/mol. The van der Waals surface area contributed by atoms with Crippen LogP contribution in [0.4, 0.5) is 4.39 Å². The van der Waals surface area contributed by atoms with Crippen molar-refractivity contribution in [1.29, 1.82) is 0 Å². The van der Waals surface area contributed by atoms with Crippen molar-refractivity contribution in [2.24, 2.45) is 0 Å². The molecule has 1 N–H and O–H groups in total. The molecule has 2 nitrogen and oxygen atoms in total. The van der Waals surface area contributed by atoms with Gasteiger partial charge in [0.25, 0.3) is 0 Å². The lowest BCUT2D eigenvalue weighted by atomic mass is 9.95. The molecule has 0 bridgehead atoms. The first-order valence-electron chi connectivity index (χ1n) is 7.02. The third-order valence-corrected chi connectivity index (χ3v) is 2.96. The van der Waals surface area contributed by atoms with Crippen LogP contribution in [0.1, 0.15) is 45.6 Å². The van der Waals surface area contributed by atoms with Gasteiger partial charge < -0.3 is 10.1 Å². The number of hydrogen-bond donors (Lipinski definition) is 1. The first kappa shape index (κ1) is 16.1. The molecule has 0 aliphatic heterocycles. The maximum Gasteiger partial charge on any atom is 0.123 e. The van der Waals surface area contributed by atoms with Gasteiger partial charge in [0, 0.05) is 13.2 Å². The molecule has 108 valence electrons. The summed E-state index contributed by atoms with van der Waals surface area (Å²) < 4.78 is 19.1. The van der Waals surface area contributed by atoms with Gasteiger partial charge in [-0.3, -0.25) is 0 Å². The molecule has 0 saturated carbocycles. The first-order valence-corrected chi connectivity index (χ1v) is 7.02. The lowest BCUT2D eigenvalue weighted by molar-refractivity contribution is -0.00623. The highest BCUT2D eigenvalue weighted by atomic mass is 19.1. The highest BCUT2D eigenvalue weighted by Crippen LogP contribution is 2.21. The molecule has 19 heavy (non-hydrogen) atoms. The number of nitrogens with one attached hydrogen (secondary N) is 1. The maximum absolute atomic E-state index is 13.3. The fraction of sp³-hybridized carbons (Fsp3) is 0.625. The molecule has 0 aromatic heterocycles. The molecule has 1 rings (SSSR count). The number of rotatable bonds is 7. The maximum atomic E-state index is 13.3. The van der Waals surface area contributed by atoms with Crippen molar-refractivity contribution < 1.29 is 9.13 Å². The first-order chi connectivity index (χ1) is 8.92. The van der Waals surface area contributed by atoms with Gasteiger partial charge in [0.2, 0.25) is 0 Å². The highest BCUT2D eigenvalue weighted by Gasteiger charge is 2.15. The Hall–Kier alpha value is -0.930. The van der Waals surface area contributed by atoms with Crippen LogP contribution >= 0.6 is 0 Å². The monoisotopic (exact) mass is 267 g/mol. The largest absolute Gasteiger partial charge is 0.376 e. The van der Waals surface area contributed by atoms with Crippen LogP contribution in [0, 0.1) is 5.82 Å². The van der Waals surface area contributed by atoms with Gasteiger partial charge in [0.1, 0.15) is 5.82 Å². The zero-order chi connectivity index (χ0) is 14.3. The van der Waals surface area contributed by atoms with Crippen LogP contribution in [0.3, 0.4) is 0 Å². The summed E-state index contributed by atoms with van der Waals surface area (Å²) in [5.74, 6) is 0.119. The Morgan fingerprint density at radius 1 is 1.32 bits per heavy atom. The summed E-state index contributed by atoms with van der Waals surface area (Å²) in [7, 11) is 0. The van der Waals surface area contributed by atoms with E-state index in [2.05, 4.69) is 33.0 Å². The number of hydrogen-bond acceptors (Lipinski definition) is 2. The smallest absolute Gasteiger partial charge is 0.123 e. The number of benzene rings is 1. The van der Waals surface area contributed by atoms with Crippen molar-refractivity contribution in [1.82, 2.24) is 5.32 Å². The molecule has 0 spiro atoms. The quantitative estimate of drug-likeness (QED) is 0.813. The molecule has 0 aliphatic rings. The number of ether oxygens (including phenoxy) is 1. The van der Waals surface area contributed by atoms with E-state index in [0.717, 1.165) is 25.1 Å². The van der Waals surface area contributed by atoms with Crippen molar-refractivity contribution in [3.63, 3.8) is 0 Å². The van der Waals surface area contributed by atoms with E-state index in [1.165, 1.54) is 6.07 Å². The van der Waals surface area contributed by atoms with Crippen LogP contribution in [0.5, 0.6) is 0 Å². The lowest BCUT2D eigenvalue weighted by Gasteiger charge is -2.23. The Bertz CT molecular complexity index is 373. The Morgan fingerprint density at radius 2 is 2.05 bits per heavy atom. The van der Waals surface area contributed by atoms with Gasteiger partial charge in [-0.1, -0.05) is 19.1 Å². The summed E-state index contributed by atoms with van der Waals surface area (Å²) in [6.07, 6.45) is 0.897. The molecule has 0 fully saturated rings. The summed E-state index contributed by atoms with van der Waals surface area (Å²) in [6, 6.07) is 6.87. The van der Waals surface area contributed by atoms with E-state index < -0.39 is 0 Å². The third kappa shape index (κ3) is 6.69. The summed E-state index contributed by atoms with van der Waals surface area (Å²) in [5.41, 5.74) is 0.920. The minimum absolute atomic E-state index is 0.120. The molecule has 0 heterocycles. The van der Waals surface area contributed by atoms with Gasteiger partial charge >= 0.3 is 0 Å². The topological polar surface area (TPSA) is 21.3 Å². The zero-order valence-corrected chi connectivity index (χ0v) is 12.5. The standard InChI is InChI=1S/C16H26FNO/c1-5-18-12-14(9-10-19-16(2,3)4)13-7-6-8-15(17)11-13/h6-8,11,14,18H,5,9-10,12H2,1-4H3. The van der Waals surface area contributed by atoms with E-state index in [1.807, 2.05) is 6.07 Å². The average Bonchev–Trinajstić information content (AvgIpc) is 2.32. The molecule has 1 aromatic carbocycles. The molecule has 1 unspecified atom stereocenters. The van der Waals surface area contributed by atoms with Crippen LogP contribution < -0.4 is 5.32 Å². The van der Waals surface area contributed by atoms with Gasteiger partial charge in [0.05, 0.1) is 5.60 Å². The number of halogens is 1. The van der Waals surface area contributed by atoms with Gasteiger partial charge in [-0.15, -0.1) is 0 Å². The number of likely N-dealkylation sites (N-methyl/N-ethyl adjacent to an activating group) is 1. The van der Waals surface area contributed by atoms with E-state index in [1.54, 1.807) is 12.1 Å². The third-order valence-electron chi connectivity index (χ3n) is 2.96. The summed E-state index contributed by atoms with van der Waals surface area (Å²) >= 11 is 0. The second-order valence-corrected chi connectivity index (χ2v) is 5.81. The van der Waals surface area contributed by atoms with Crippen molar-refractivity contribution in [2.45, 2.75) is 45.6 Å². The summed E-state index contributed by atoms with van der Waals surface area (Å²) in [4.78, 5) is 0. The molecular formula is C16H26FNO. The predicted octanol–water partition coefficient (Wildman–Crippen LogP) is 3.72. The van der Waals surface area contributed by atoms with Crippen LogP contribution in [-0.2, 0) is 4.74 Å². The van der Waals surface area contributed by atoms with Crippen molar-refractivity contribution in [2.75, 3.05) is 19.7 Å². The molecule has 0 aliphatic carbocycles. The van der Waals surface area contributed by atoms with Crippen molar-refractivity contribution >= 4 is 0 Å². The molecule has 0 saturated heterocycles.